The number of nitrogens with zero attached hydrogens (tertiary/aromatic N) is 4. The molecule has 6 nitrogen and oxygen atoms in total. The molecule has 24 heavy (non-hydrogen) atoms. The number of pyridine rings is 1. The van der Waals surface area contributed by atoms with Gasteiger partial charge in [-0.15, -0.1) is 0 Å². The fourth-order valence-corrected chi connectivity index (χ4v) is 3.29. The Labute approximate surface area is 145 Å². The Morgan fingerprint density at radius 2 is 2.25 bits per heavy atom. The van der Waals surface area contributed by atoms with Crippen molar-refractivity contribution in [3.05, 3.63) is 41.9 Å². The van der Waals surface area contributed by atoms with Crippen molar-refractivity contribution >= 4 is 23.1 Å². The van der Waals surface area contributed by atoms with Crippen LogP contribution >= 0.6 is 11.6 Å². The smallest absolute Gasteiger partial charge is 0.145 e. The van der Waals surface area contributed by atoms with Crippen LogP contribution in [0.5, 0.6) is 0 Å². The lowest BCUT2D eigenvalue weighted by atomic mass is 10.00. The summed E-state index contributed by atoms with van der Waals surface area (Å²) in [5, 5.41) is 7.66. The molecule has 1 aliphatic heterocycles. The van der Waals surface area contributed by atoms with Gasteiger partial charge in [0.15, 0.2) is 0 Å². The Morgan fingerprint density at radius 3 is 3.12 bits per heavy atom. The third-order valence-corrected chi connectivity index (χ3v) is 4.70. The van der Waals surface area contributed by atoms with Gasteiger partial charge in [0.1, 0.15) is 17.2 Å². The number of nitrogens with one attached hydrogen (secondary N) is 2. The minimum absolute atomic E-state index is 0.365. The maximum absolute atomic E-state index is 6.02. The second-order valence-electron chi connectivity index (χ2n) is 6.14. The highest BCUT2D eigenvalue weighted by Crippen LogP contribution is 2.22. The number of anilines is 1. The van der Waals surface area contributed by atoms with Gasteiger partial charge in [-0.3, -0.25) is 9.38 Å². The summed E-state index contributed by atoms with van der Waals surface area (Å²) < 4.78 is 1.96. The van der Waals surface area contributed by atoms with Gasteiger partial charge in [0.05, 0.1) is 24.3 Å². The van der Waals surface area contributed by atoms with Crippen molar-refractivity contribution in [2.45, 2.75) is 31.8 Å². The SMILES string of the molecule is C[C@@H]1NCCC[C@H]1Nc1cncc(-c2cnc3cc(Cl)ccn23)n1. The van der Waals surface area contributed by atoms with Crippen LogP contribution in [-0.4, -0.2) is 38.0 Å². The van der Waals surface area contributed by atoms with Gasteiger partial charge in [0.25, 0.3) is 0 Å². The minimum Gasteiger partial charge on any atom is -0.364 e. The van der Waals surface area contributed by atoms with Crippen molar-refractivity contribution in [2.24, 2.45) is 0 Å². The minimum atomic E-state index is 0.365. The van der Waals surface area contributed by atoms with Gasteiger partial charge in [-0.05, 0) is 32.4 Å². The molecule has 0 amide bonds. The topological polar surface area (TPSA) is 67.1 Å². The molecule has 4 heterocycles. The number of piperidine rings is 1. The van der Waals surface area contributed by atoms with Crippen LogP contribution in [0, 0.1) is 0 Å². The first-order valence-corrected chi connectivity index (χ1v) is 8.53. The standard InChI is InChI=1S/C17H19ClN6/c1-11-13(3-2-5-20-11)22-16-10-19-8-14(23-16)15-9-21-17-7-12(18)4-6-24(15)17/h4,6-11,13,20H,2-3,5H2,1H3,(H,22,23)/t11-,13+/m0/s1. The summed E-state index contributed by atoms with van der Waals surface area (Å²) in [6.07, 6.45) is 9.52. The molecule has 0 saturated carbocycles. The average Bonchev–Trinajstić information content (AvgIpc) is 3.00. The molecule has 1 saturated heterocycles. The van der Waals surface area contributed by atoms with Crippen molar-refractivity contribution in [3.8, 4) is 11.4 Å². The van der Waals surface area contributed by atoms with Crippen LogP contribution in [0.1, 0.15) is 19.8 Å². The van der Waals surface area contributed by atoms with E-state index in [1.54, 1.807) is 18.6 Å². The number of fused-ring (bicyclic) bond motifs is 1. The van der Waals surface area contributed by atoms with Crippen LogP contribution < -0.4 is 10.6 Å². The van der Waals surface area contributed by atoms with Gasteiger partial charge in [-0.25, -0.2) is 9.97 Å². The largest absolute Gasteiger partial charge is 0.364 e. The Bertz CT molecular complexity index is 861. The summed E-state index contributed by atoms with van der Waals surface area (Å²) in [6, 6.07) is 4.45. The van der Waals surface area contributed by atoms with E-state index in [0.717, 1.165) is 35.8 Å². The van der Waals surface area contributed by atoms with Gasteiger partial charge in [0.2, 0.25) is 0 Å². The van der Waals surface area contributed by atoms with Crippen molar-refractivity contribution < 1.29 is 0 Å². The molecule has 124 valence electrons. The molecule has 2 N–H and O–H groups in total. The Hall–Kier alpha value is -2.18. The summed E-state index contributed by atoms with van der Waals surface area (Å²) in [5.41, 5.74) is 2.47. The lowest BCUT2D eigenvalue weighted by Crippen LogP contribution is -2.46. The summed E-state index contributed by atoms with van der Waals surface area (Å²) in [6.45, 7) is 3.28. The molecule has 0 aromatic carbocycles. The zero-order valence-corrected chi connectivity index (χ0v) is 14.2. The Kier molecular flexibility index (Phi) is 4.08. The molecule has 4 rings (SSSR count). The summed E-state index contributed by atoms with van der Waals surface area (Å²) in [5.74, 6) is 0.789. The number of hydrogen-bond donors (Lipinski definition) is 2. The first-order chi connectivity index (χ1) is 11.7. The van der Waals surface area contributed by atoms with Crippen LogP contribution in [0.15, 0.2) is 36.9 Å². The van der Waals surface area contributed by atoms with E-state index < -0.39 is 0 Å². The molecule has 0 unspecified atom stereocenters. The van der Waals surface area contributed by atoms with Crippen molar-refractivity contribution in [1.82, 2.24) is 24.7 Å². The molecule has 0 bridgehead atoms. The zero-order chi connectivity index (χ0) is 16.5. The number of rotatable bonds is 3. The molecule has 3 aromatic heterocycles. The number of hydrogen-bond acceptors (Lipinski definition) is 5. The van der Waals surface area contributed by atoms with E-state index in [1.807, 2.05) is 22.7 Å². The Morgan fingerprint density at radius 1 is 1.33 bits per heavy atom. The predicted molar refractivity (Wildman–Crippen MR) is 95.3 cm³/mol. The van der Waals surface area contributed by atoms with Crippen LogP contribution in [0.3, 0.4) is 0 Å². The molecule has 1 fully saturated rings. The molecular formula is C17H19ClN6. The van der Waals surface area contributed by atoms with Crippen molar-refractivity contribution in [1.29, 1.82) is 0 Å². The molecule has 0 radical (unpaired) electrons. The fraction of sp³-hybridized carbons (Fsp3) is 0.353. The molecule has 0 spiro atoms. The molecule has 1 aliphatic rings. The molecular weight excluding hydrogens is 324 g/mol. The van der Waals surface area contributed by atoms with Crippen molar-refractivity contribution in [2.75, 3.05) is 11.9 Å². The highest BCUT2D eigenvalue weighted by molar-refractivity contribution is 6.30. The van der Waals surface area contributed by atoms with E-state index in [1.165, 1.54) is 6.42 Å². The lowest BCUT2D eigenvalue weighted by Gasteiger charge is -2.30. The zero-order valence-electron chi connectivity index (χ0n) is 13.4. The third kappa shape index (κ3) is 2.95. The Balaban J connectivity index is 1.64. The molecule has 3 aromatic rings. The molecule has 2 atom stereocenters. The number of aromatic nitrogens is 4. The second kappa shape index (κ2) is 6.37. The van der Waals surface area contributed by atoms with E-state index in [-0.39, 0.29) is 0 Å². The van der Waals surface area contributed by atoms with E-state index >= 15 is 0 Å². The van der Waals surface area contributed by atoms with Gasteiger partial charge < -0.3 is 10.6 Å². The number of halogens is 1. The fourth-order valence-electron chi connectivity index (χ4n) is 3.14. The van der Waals surface area contributed by atoms with Gasteiger partial charge in [0, 0.05) is 29.4 Å². The van der Waals surface area contributed by atoms with Crippen molar-refractivity contribution in [3.63, 3.8) is 0 Å². The van der Waals surface area contributed by atoms with E-state index in [4.69, 9.17) is 16.6 Å². The van der Waals surface area contributed by atoms with Gasteiger partial charge >= 0.3 is 0 Å². The average molecular weight is 343 g/mol. The highest BCUT2D eigenvalue weighted by atomic mass is 35.5. The monoisotopic (exact) mass is 342 g/mol. The molecule has 7 heteroatoms. The van der Waals surface area contributed by atoms with E-state index in [2.05, 4.69) is 27.5 Å². The first kappa shape index (κ1) is 15.4. The normalized spacial score (nSPS) is 21.1. The number of imidazole rings is 1. The lowest BCUT2D eigenvalue weighted by molar-refractivity contribution is 0.388. The first-order valence-electron chi connectivity index (χ1n) is 8.16. The summed E-state index contributed by atoms with van der Waals surface area (Å²) in [7, 11) is 0. The van der Waals surface area contributed by atoms with Crippen LogP contribution in [-0.2, 0) is 0 Å². The van der Waals surface area contributed by atoms with Crippen LogP contribution in [0.2, 0.25) is 5.02 Å². The predicted octanol–water partition coefficient (Wildman–Crippen LogP) is 3.00. The van der Waals surface area contributed by atoms with Crippen LogP contribution in [0.4, 0.5) is 5.82 Å². The van der Waals surface area contributed by atoms with E-state index in [9.17, 15) is 0 Å². The van der Waals surface area contributed by atoms with Gasteiger partial charge in [-0.1, -0.05) is 11.6 Å². The highest BCUT2D eigenvalue weighted by Gasteiger charge is 2.21. The maximum atomic E-state index is 6.02. The molecule has 0 aliphatic carbocycles. The van der Waals surface area contributed by atoms with E-state index in [0.29, 0.717) is 17.1 Å². The maximum Gasteiger partial charge on any atom is 0.145 e. The third-order valence-electron chi connectivity index (χ3n) is 4.47. The van der Waals surface area contributed by atoms with Crippen LogP contribution in [0.25, 0.3) is 17.0 Å². The second-order valence-corrected chi connectivity index (χ2v) is 6.58. The summed E-state index contributed by atoms with van der Waals surface area (Å²) >= 11 is 6.02. The summed E-state index contributed by atoms with van der Waals surface area (Å²) in [4.78, 5) is 13.5. The van der Waals surface area contributed by atoms with Gasteiger partial charge in [-0.2, -0.15) is 0 Å². The quantitative estimate of drug-likeness (QED) is 0.766.